The zero-order valence-electron chi connectivity index (χ0n) is 8.71. The van der Waals surface area contributed by atoms with Crippen molar-refractivity contribution in [2.24, 2.45) is 0 Å². The van der Waals surface area contributed by atoms with Gasteiger partial charge in [-0.1, -0.05) is 33.8 Å². The molecule has 0 aliphatic heterocycles. The molecule has 0 heterocycles. The third kappa shape index (κ3) is 4.18. The van der Waals surface area contributed by atoms with Gasteiger partial charge in [-0.05, 0) is 24.6 Å². The van der Waals surface area contributed by atoms with Gasteiger partial charge in [-0.25, -0.2) is 4.39 Å². The second-order valence-corrected chi connectivity index (χ2v) is 4.18. The molecule has 0 aliphatic rings. The van der Waals surface area contributed by atoms with Gasteiger partial charge in [0.15, 0.2) is 0 Å². The molecule has 84 valence electrons. The van der Waals surface area contributed by atoms with Crippen LogP contribution in [0.1, 0.15) is 18.4 Å². The van der Waals surface area contributed by atoms with E-state index < -0.39 is 6.10 Å². The Morgan fingerprint density at radius 3 is 3.00 bits per heavy atom. The van der Waals surface area contributed by atoms with Crippen molar-refractivity contribution < 1.29 is 9.50 Å². The maximum absolute atomic E-state index is 13.2. The number of hydrogen-bond acceptors (Lipinski definition) is 1. The Morgan fingerprint density at radius 1 is 1.56 bits per heavy atom. The second-order valence-electron chi connectivity index (χ2n) is 3.27. The van der Waals surface area contributed by atoms with Gasteiger partial charge in [-0.2, -0.15) is 0 Å². The molecule has 0 amide bonds. The molecular weight excluding hydrogens is 271 g/mol. The Balaban J connectivity index is 2.62. The minimum atomic E-state index is -0.540. The largest absolute Gasteiger partial charge is 0.389 e. The standard InChI is InChI=1S/C13H12BrFO/c1-2-12(16)6-4-3-5-10-9-11(14)7-8-13(10)15/h2,7-9,12,16H,1,4,6H2/t12-/m1/s1. The first-order valence-corrected chi connectivity index (χ1v) is 5.67. The molecule has 3 heteroatoms. The number of aliphatic hydroxyl groups is 1. The summed E-state index contributed by atoms with van der Waals surface area (Å²) in [6.45, 7) is 3.46. The van der Waals surface area contributed by atoms with Crippen LogP contribution in [0.25, 0.3) is 0 Å². The van der Waals surface area contributed by atoms with Crippen molar-refractivity contribution in [1.29, 1.82) is 0 Å². The van der Waals surface area contributed by atoms with Gasteiger partial charge in [0.05, 0.1) is 11.7 Å². The highest BCUT2D eigenvalue weighted by molar-refractivity contribution is 9.10. The Morgan fingerprint density at radius 2 is 2.31 bits per heavy atom. The first-order valence-electron chi connectivity index (χ1n) is 4.88. The molecule has 1 rings (SSSR count). The molecule has 0 saturated heterocycles. The number of halogens is 2. The fourth-order valence-electron chi connectivity index (χ4n) is 1.09. The number of aliphatic hydroxyl groups excluding tert-OH is 1. The summed E-state index contributed by atoms with van der Waals surface area (Å²) in [6, 6.07) is 4.63. The van der Waals surface area contributed by atoms with Crippen LogP contribution in [-0.2, 0) is 0 Å². The third-order valence-corrected chi connectivity index (χ3v) is 2.48. The maximum Gasteiger partial charge on any atom is 0.138 e. The van der Waals surface area contributed by atoms with Crippen LogP contribution >= 0.6 is 15.9 Å². The van der Waals surface area contributed by atoms with Crippen molar-refractivity contribution in [1.82, 2.24) is 0 Å². The Labute approximate surface area is 103 Å². The molecule has 0 spiro atoms. The van der Waals surface area contributed by atoms with E-state index in [1.54, 1.807) is 12.1 Å². The van der Waals surface area contributed by atoms with Gasteiger partial charge < -0.3 is 5.11 Å². The minimum absolute atomic E-state index is 0.333. The summed E-state index contributed by atoms with van der Waals surface area (Å²) in [5, 5.41) is 9.19. The van der Waals surface area contributed by atoms with Crippen LogP contribution in [0, 0.1) is 17.7 Å². The quantitative estimate of drug-likeness (QED) is 0.667. The van der Waals surface area contributed by atoms with Crippen molar-refractivity contribution >= 4 is 15.9 Å². The van der Waals surface area contributed by atoms with E-state index >= 15 is 0 Å². The first kappa shape index (κ1) is 13.0. The van der Waals surface area contributed by atoms with Crippen LogP contribution in [-0.4, -0.2) is 11.2 Å². The summed E-state index contributed by atoms with van der Waals surface area (Å²) < 4.78 is 14.0. The summed E-state index contributed by atoms with van der Waals surface area (Å²) in [7, 11) is 0. The van der Waals surface area contributed by atoms with E-state index in [0.29, 0.717) is 18.4 Å². The molecule has 0 aliphatic carbocycles. The van der Waals surface area contributed by atoms with Crippen LogP contribution in [0.3, 0.4) is 0 Å². The summed E-state index contributed by atoms with van der Waals surface area (Å²) in [5.74, 6) is 5.22. The number of benzene rings is 1. The van der Waals surface area contributed by atoms with Crippen molar-refractivity contribution in [3.05, 3.63) is 46.7 Å². The SMILES string of the molecule is C=C[C@@H](O)CCC#Cc1cc(Br)ccc1F. The van der Waals surface area contributed by atoms with Gasteiger partial charge in [0.25, 0.3) is 0 Å². The second kappa shape index (κ2) is 6.47. The van der Waals surface area contributed by atoms with Gasteiger partial charge in [0.1, 0.15) is 5.82 Å². The molecule has 1 atom stereocenters. The van der Waals surface area contributed by atoms with Crippen LogP contribution in [0.15, 0.2) is 35.3 Å². The van der Waals surface area contributed by atoms with Gasteiger partial charge in [-0.3, -0.25) is 0 Å². The van der Waals surface area contributed by atoms with E-state index in [9.17, 15) is 9.50 Å². The van der Waals surface area contributed by atoms with Gasteiger partial charge in [-0.15, -0.1) is 6.58 Å². The highest BCUT2D eigenvalue weighted by Gasteiger charge is 1.99. The van der Waals surface area contributed by atoms with E-state index in [0.717, 1.165) is 4.47 Å². The average Bonchev–Trinajstić information content (AvgIpc) is 2.28. The maximum atomic E-state index is 13.2. The molecule has 1 N–H and O–H groups in total. The molecule has 16 heavy (non-hydrogen) atoms. The summed E-state index contributed by atoms with van der Waals surface area (Å²) in [5.41, 5.74) is 0.363. The lowest BCUT2D eigenvalue weighted by atomic mass is 10.1. The molecule has 1 aromatic rings. The third-order valence-electron chi connectivity index (χ3n) is 1.99. The van der Waals surface area contributed by atoms with Crippen molar-refractivity contribution in [2.75, 3.05) is 0 Å². The number of rotatable bonds is 3. The van der Waals surface area contributed by atoms with Gasteiger partial charge in [0.2, 0.25) is 0 Å². The molecule has 0 unspecified atom stereocenters. The highest BCUT2D eigenvalue weighted by Crippen LogP contribution is 2.14. The number of hydrogen-bond donors (Lipinski definition) is 1. The van der Waals surface area contributed by atoms with Crippen molar-refractivity contribution in [3.63, 3.8) is 0 Å². The molecule has 0 aromatic heterocycles. The van der Waals surface area contributed by atoms with Crippen molar-refractivity contribution in [3.8, 4) is 11.8 Å². The molecule has 0 saturated carbocycles. The topological polar surface area (TPSA) is 20.2 Å². The Kier molecular flexibility index (Phi) is 5.24. The van der Waals surface area contributed by atoms with Crippen LogP contribution < -0.4 is 0 Å². The fraction of sp³-hybridized carbons (Fsp3) is 0.231. The molecular formula is C13H12BrFO. The lowest BCUT2D eigenvalue weighted by Crippen LogP contribution is -1.99. The van der Waals surface area contributed by atoms with E-state index in [1.165, 1.54) is 12.1 Å². The zero-order chi connectivity index (χ0) is 12.0. The van der Waals surface area contributed by atoms with E-state index in [-0.39, 0.29) is 5.82 Å². The summed E-state index contributed by atoms with van der Waals surface area (Å²) >= 11 is 3.25. The van der Waals surface area contributed by atoms with E-state index in [2.05, 4.69) is 34.3 Å². The lowest BCUT2D eigenvalue weighted by molar-refractivity contribution is 0.215. The molecule has 0 radical (unpaired) electrons. The smallest absolute Gasteiger partial charge is 0.138 e. The van der Waals surface area contributed by atoms with Crippen LogP contribution in [0.4, 0.5) is 4.39 Å². The summed E-state index contributed by atoms with van der Waals surface area (Å²) in [4.78, 5) is 0. The monoisotopic (exact) mass is 282 g/mol. The first-order chi connectivity index (χ1) is 7.63. The van der Waals surface area contributed by atoms with E-state index in [4.69, 9.17) is 0 Å². The highest BCUT2D eigenvalue weighted by atomic mass is 79.9. The average molecular weight is 283 g/mol. The summed E-state index contributed by atoms with van der Waals surface area (Å²) in [6.07, 6.45) is 1.95. The zero-order valence-corrected chi connectivity index (χ0v) is 10.3. The van der Waals surface area contributed by atoms with Crippen LogP contribution in [0.2, 0.25) is 0 Å². The molecule has 0 bridgehead atoms. The molecule has 1 nitrogen and oxygen atoms in total. The predicted octanol–water partition coefficient (Wildman–Crippen LogP) is 3.27. The Bertz CT molecular complexity index is 431. The van der Waals surface area contributed by atoms with Crippen molar-refractivity contribution in [2.45, 2.75) is 18.9 Å². The predicted molar refractivity (Wildman–Crippen MR) is 66.4 cm³/mol. The Hall–Kier alpha value is -1.11. The fourth-order valence-corrected chi connectivity index (χ4v) is 1.45. The lowest BCUT2D eigenvalue weighted by Gasteiger charge is -1.99. The van der Waals surface area contributed by atoms with E-state index in [1.807, 2.05) is 0 Å². The van der Waals surface area contributed by atoms with Gasteiger partial charge in [0, 0.05) is 10.9 Å². The van der Waals surface area contributed by atoms with Gasteiger partial charge >= 0.3 is 0 Å². The van der Waals surface area contributed by atoms with Crippen LogP contribution in [0.5, 0.6) is 0 Å². The molecule has 1 aromatic carbocycles. The normalized spacial score (nSPS) is 11.4. The molecule has 0 fully saturated rings. The minimum Gasteiger partial charge on any atom is -0.389 e.